The Labute approximate surface area is 154 Å². The van der Waals surface area contributed by atoms with Crippen LogP contribution in [0.3, 0.4) is 0 Å². The molecule has 0 bridgehead atoms. The molecule has 25 heavy (non-hydrogen) atoms. The maximum atomic E-state index is 12.4. The molecule has 0 saturated carbocycles. The summed E-state index contributed by atoms with van der Waals surface area (Å²) in [4.78, 5) is 20.8. The van der Waals surface area contributed by atoms with Crippen molar-refractivity contribution < 1.29 is 4.79 Å². The highest BCUT2D eigenvalue weighted by Crippen LogP contribution is 2.16. The summed E-state index contributed by atoms with van der Waals surface area (Å²) in [5.74, 6) is 0.141. The fraction of sp³-hybridized carbons (Fsp3) is 0.105. The van der Waals surface area contributed by atoms with Crippen LogP contribution in [0, 0.1) is 6.92 Å². The van der Waals surface area contributed by atoms with Gasteiger partial charge in [0.25, 0.3) is 5.91 Å². The first-order chi connectivity index (χ1) is 12.1. The lowest BCUT2D eigenvalue weighted by atomic mass is 10.1. The Hall–Kier alpha value is -2.73. The molecule has 0 spiro atoms. The van der Waals surface area contributed by atoms with Gasteiger partial charge in [0.2, 0.25) is 5.95 Å². The van der Waals surface area contributed by atoms with Gasteiger partial charge in [0.15, 0.2) is 0 Å². The molecule has 1 aromatic heterocycles. The number of amides is 1. The number of aryl methyl sites for hydroxylation is 1. The number of anilines is 2. The minimum absolute atomic E-state index is 0.279. The standard InChI is InChI=1S/C19H17BrN4O/c1-13-4-2-5-14(10-13)12-22-19-21-9-8-17(24-19)18(25)23-16-7-3-6-15(20)11-16/h2-11H,12H2,1H3,(H,23,25)(H,21,22,24). The van der Waals surface area contributed by atoms with Gasteiger partial charge in [-0.25, -0.2) is 9.97 Å². The summed E-state index contributed by atoms with van der Waals surface area (Å²) < 4.78 is 0.897. The molecule has 0 aliphatic heterocycles. The summed E-state index contributed by atoms with van der Waals surface area (Å²) in [6.07, 6.45) is 1.57. The van der Waals surface area contributed by atoms with E-state index in [4.69, 9.17) is 0 Å². The number of nitrogens with one attached hydrogen (secondary N) is 2. The number of aromatic nitrogens is 2. The smallest absolute Gasteiger partial charge is 0.274 e. The molecule has 6 heteroatoms. The van der Waals surface area contributed by atoms with Crippen LogP contribution in [-0.2, 0) is 6.54 Å². The number of carbonyl (C=O) groups excluding carboxylic acids is 1. The Morgan fingerprint density at radius 2 is 1.96 bits per heavy atom. The molecule has 0 fully saturated rings. The maximum Gasteiger partial charge on any atom is 0.274 e. The lowest BCUT2D eigenvalue weighted by molar-refractivity contribution is 0.102. The average molecular weight is 397 g/mol. The second kappa shape index (κ2) is 7.90. The highest BCUT2D eigenvalue weighted by Gasteiger charge is 2.09. The first kappa shape index (κ1) is 17.1. The number of rotatable bonds is 5. The normalized spacial score (nSPS) is 10.3. The number of benzene rings is 2. The molecule has 0 saturated heterocycles. The van der Waals surface area contributed by atoms with Gasteiger partial charge in [0.1, 0.15) is 5.69 Å². The summed E-state index contributed by atoms with van der Waals surface area (Å²) in [6, 6.07) is 17.2. The molecule has 2 aromatic carbocycles. The third-order valence-corrected chi connectivity index (χ3v) is 4.00. The second-order valence-corrected chi connectivity index (χ2v) is 6.49. The van der Waals surface area contributed by atoms with E-state index < -0.39 is 0 Å². The predicted octanol–water partition coefficient (Wildman–Crippen LogP) is 4.41. The lowest BCUT2D eigenvalue weighted by Crippen LogP contribution is -2.15. The zero-order chi connectivity index (χ0) is 17.6. The van der Waals surface area contributed by atoms with Crippen molar-refractivity contribution in [2.45, 2.75) is 13.5 Å². The largest absolute Gasteiger partial charge is 0.350 e. The van der Waals surface area contributed by atoms with Gasteiger partial charge in [0, 0.05) is 22.9 Å². The van der Waals surface area contributed by atoms with E-state index in [0.29, 0.717) is 23.9 Å². The Bertz CT molecular complexity index is 898. The van der Waals surface area contributed by atoms with Crippen LogP contribution in [0.25, 0.3) is 0 Å². The first-order valence-electron chi connectivity index (χ1n) is 7.79. The Morgan fingerprint density at radius 1 is 1.12 bits per heavy atom. The topological polar surface area (TPSA) is 66.9 Å². The van der Waals surface area contributed by atoms with Gasteiger partial charge in [-0.1, -0.05) is 51.8 Å². The van der Waals surface area contributed by atoms with Crippen molar-refractivity contribution in [3.05, 3.63) is 82.1 Å². The molecule has 1 amide bonds. The van der Waals surface area contributed by atoms with Gasteiger partial charge >= 0.3 is 0 Å². The zero-order valence-corrected chi connectivity index (χ0v) is 15.2. The quantitative estimate of drug-likeness (QED) is 0.669. The zero-order valence-electron chi connectivity index (χ0n) is 13.7. The molecule has 2 N–H and O–H groups in total. The summed E-state index contributed by atoms with van der Waals surface area (Å²) >= 11 is 3.38. The SMILES string of the molecule is Cc1cccc(CNc2nccc(C(=O)Nc3cccc(Br)c3)n2)c1. The van der Waals surface area contributed by atoms with Crippen molar-refractivity contribution in [2.75, 3.05) is 10.6 Å². The molecular weight excluding hydrogens is 380 g/mol. The second-order valence-electron chi connectivity index (χ2n) is 5.57. The Morgan fingerprint density at radius 3 is 2.76 bits per heavy atom. The van der Waals surface area contributed by atoms with Crippen molar-refractivity contribution in [1.82, 2.24) is 9.97 Å². The van der Waals surface area contributed by atoms with Gasteiger partial charge < -0.3 is 10.6 Å². The van der Waals surface area contributed by atoms with E-state index in [0.717, 1.165) is 10.0 Å². The van der Waals surface area contributed by atoms with Crippen molar-refractivity contribution in [2.24, 2.45) is 0 Å². The van der Waals surface area contributed by atoms with Crippen molar-refractivity contribution in [1.29, 1.82) is 0 Å². The van der Waals surface area contributed by atoms with Gasteiger partial charge in [-0.05, 0) is 36.8 Å². The highest BCUT2D eigenvalue weighted by molar-refractivity contribution is 9.10. The number of carbonyl (C=O) groups is 1. The van der Waals surface area contributed by atoms with Crippen LogP contribution >= 0.6 is 15.9 Å². The van der Waals surface area contributed by atoms with E-state index >= 15 is 0 Å². The molecule has 1 heterocycles. The minimum Gasteiger partial charge on any atom is -0.350 e. The van der Waals surface area contributed by atoms with Gasteiger partial charge in [0.05, 0.1) is 0 Å². The van der Waals surface area contributed by atoms with E-state index in [1.807, 2.05) is 49.4 Å². The summed E-state index contributed by atoms with van der Waals surface area (Å²) in [5, 5.41) is 5.97. The highest BCUT2D eigenvalue weighted by atomic mass is 79.9. The van der Waals surface area contributed by atoms with E-state index in [1.54, 1.807) is 12.3 Å². The van der Waals surface area contributed by atoms with E-state index in [1.165, 1.54) is 5.56 Å². The van der Waals surface area contributed by atoms with E-state index in [-0.39, 0.29) is 5.91 Å². The van der Waals surface area contributed by atoms with Gasteiger partial charge in [-0.2, -0.15) is 0 Å². The van der Waals surface area contributed by atoms with Crippen LogP contribution in [0.5, 0.6) is 0 Å². The van der Waals surface area contributed by atoms with Crippen LogP contribution in [0.4, 0.5) is 11.6 Å². The lowest BCUT2D eigenvalue weighted by Gasteiger charge is -2.08. The van der Waals surface area contributed by atoms with E-state index in [2.05, 4.69) is 42.6 Å². The third-order valence-electron chi connectivity index (χ3n) is 3.50. The van der Waals surface area contributed by atoms with Gasteiger partial charge in [-0.3, -0.25) is 4.79 Å². The molecule has 0 atom stereocenters. The van der Waals surface area contributed by atoms with Crippen LogP contribution in [0.2, 0.25) is 0 Å². The van der Waals surface area contributed by atoms with Crippen LogP contribution in [-0.4, -0.2) is 15.9 Å². The van der Waals surface area contributed by atoms with Crippen LogP contribution in [0.15, 0.2) is 65.3 Å². The van der Waals surface area contributed by atoms with Crippen molar-refractivity contribution in [3.8, 4) is 0 Å². The molecule has 3 aromatic rings. The minimum atomic E-state index is -0.279. The number of nitrogens with zero attached hydrogens (tertiary/aromatic N) is 2. The molecule has 126 valence electrons. The Kier molecular flexibility index (Phi) is 5.40. The fourth-order valence-electron chi connectivity index (χ4n) is 2.33. The molecular formula is C19H17BrN4O. The molecule has 3 rings (SSSR count). The van der Waals surface area contributed by atoms with Gasteiger partial charge in [-0.15, -0.1) is 0 Å². The predicted molar refractivity (Wildman–Crippen MR) is 103 cm³/mol. The van der Waals surface area contributed by atoms with Crippen LogP contribution < -0.4 is 10.6 Å². The summed E-state index contributed by atoms with van der Waals surface area (Å²) in [5.41, 5.74) is 3.34. The molecule has 5 nitrogen and oxygen atoms in total. The fourth-order valence-corrected chi connectivity index (χ4v) is 2.73. The van der Waals surface area contributed by atoms with E-state index in [9.17, 15) is 4.79 Å². The monoisotopic (exact) mass is 396 g/mol. The van der Waals surface area contributed by atoms with Crippen molar-refractivity contribution >= 4 is 33.5 Å². The number of hydrogen-bond acceptors (Lipinski definition) is 4. The number of halogens is 1. The summed E-state index contributed by atoms with van der Waals surface area (Å²) in [6.45, 7) is 2.64. The third kappa shape index (κ3) is 4.87. The Balaban J connectivity index is 1.67. The number of hydrogen-bond donors (Lipinski definition) is 2. The van der Waals surface area contributed by atoms with Crippen molar-refractivity contribution in [3.63, 3.8) is 0 Å². The molecule has 0 unspecified atom stereocenters. The molecule has 0 radical (unpaired) electrons. The first-order valence-corrected chi connectivity index (χ1v) is 8.59. The molecule has 0 aliphatic carbocycles. The average Bonchev–Trinajstić information content (AvgIpc) is 2.60. The van der Waals surface area contributed by atoms with Crippen LogP contribution in [0.1, 0.15) is 21.6 Å². The summed E-state index contributed by atoms with van der Waals surface area (Å²) in [7, 11) is 0. The molecule has 0 aliphatic rings. The maximum absolute atomic E-state index is 12.4.